The fraction of sp³-hybridized carbons (Fsp3) is 0.857. The zero-order valence-corrected chi connectivity index (χ0v) is 12.5. The van der Waals surface area contributed by atoms with Crippen LogP contribution in [0.3, 0.4) is 0 Å². The first-order chi connectivity index (χ1) is 8.74. The lowest BCUT2D eigenvalue weighted by Gasteiger charge is -2.28. The lowest BCUT2D eigenvalue weighted by Crippen LogP contribution is -2.49. The highest BCUT2D eigenvalue weighted by Crippen LogP contribution is 2.36. The highest BCUT2D eigenvalue weighted by atomic mass is 16.2. The van der Waals surface area contributed by atoms with E-state index in [4.69, 9.17) is 5.73 Å². The molecule has 0 aromatic heterocycles. The van der Waals surface area contributed by atoms with Crippen LogP contribution in [0.1, 0.15) is 47.0 Å². The van der Waals surface area contributed by atoms with Gasteiger partial charge >= 0.3 is 0 Å². The summed E-state index contributed by atoms with van der Waals surface area (Å²) < 4.78 is 0. The Morgan fingerprint density at radius 2 is 2.00 bits per heavy atom. The van der Waals surface area contributed by atoms with Crippen LogP contribution in [0.4, 0.5) is 0 Å². The van der Waals surface area contributed by atoms with Gasteiger partial charge in [-0.3, -0.25) is 9.59 Å². The second-order valence-electron chi connectivity index (χ2n) is 6.49. The molecule has 1 rings (SSSR count). The van der Waals surface area contributed by atoms with E-state index in [0.717, 1.165) is 19.3 Å². The van der Waals surface area contributed by atoms with Crippen molar-refractivity contribution in [3.05, 3.63) is 0 Å². The van der Waals surface area contributed by atoms with E-state index in [1.165, 1.54) is 0 Å². The maximum atomic E-state index is 11.8. The summed E-state index contributed by atoms with van der Waals surface area (Å²) in [5.74, 6) is -0.336. The summed E-state index contributed by atoms with van der Waals surface area (Å²) in [5.41, 5.74) is 5.86. The summed E-state index contributed by atoms with van der Waals surface area (Å²) in [6.07, 6.45) is 3.28. The van der Waals surface area contributed by atoms with E-state index < -0.39 is 6.04 Å². The molecule has 2 atom stereocenters. The Hall–Kier alpha value is -1.10. The first-order valence-electron chi connectivity index (χ1n) is 7.06. The van der Waals surface area contributed by atoms with Crippen LogP contribution in [0.5, 0.6) is 0 Å². The minimum atomic E-state index is -0.560. The third kappa shape index (κ3) is 4.49. The second kappa shape index (κ2) is 6.37. The van der Waals surface area contributed by atoms with E-state index in [1.807, 2.05) is 13.8 Å². The number of hydrogen-bond acceptors (Lipinski definition) is 3. The molecule has 0 aromatic rings. The number of amides is 2. The molecule has 4 N–H and O–H groups in total. The Morgan fingerprint density at radius 3 is 2.47 bits per heavy atom. The second-order valence-corrected chi connectivity index (χ2v) is 6.49. The van der Waals surface area contributed by atoms with Crippen molar-refractivity contribution in [3.8, 4) is 0 Å². The van der Waals surface area contributed by atoms with E-state index in [0.29, 0.717) is 0 Å². The Kier molecular flexibility index (Phi) is 5.35. The Labute approximate surface area is 115 Å². The van der Waals surface area contributed by atoms with Gasteiger partial charge < -0.3 is 16.4 Å². The van der Waals surface area contributed by atoms with Gasteiger partial charge in [-0.25, -0.2) is 0 Å². The van der Waals surface area contributed by atoms with Gasteiger partial charge in [0.1, 0.15) is 0 Å². The fourth-order valence-electron chi connectivity index (χ4n) is 2.43. The van der Waals surface area contributed by atoms with Crippen molar-refractivity contribution in [2.24, 2.45) is 17.1 Å². The van der Waals surface area contributed by atoms with E-state index in [9.17, 15) is 9.59 Å². The number of nitrogens with one attached hydrogen (secondary N) is 2. The molecule has 1 aliphatic carbocycles. The lowest BCUT2D eigenvalue weighted by atomic mass is 9.87. The van der Waals surface area contributed by atoms with Crippen molar-refractivity contribution < 1.29 is 9.59 Å². The van der Waals surface area contributed by atoms with Crippen molar-refractivity contribution in [1.29, 1.82) is 0 Å². The summed E-state index contributed by atoms with van der Waals surface area (Å²) in [4.78, 5) is 23.5. The molecule has 0 bridgehead atoms. The maximum absolute atomic E-state index is 11.8. The Morgan fingerprint density at radius 1 is 1.37 bits per heavy atom. The normalized spacial score (nSPS) is 23.2. The molecule has 0 saturated heterocycles. The topological polar surface area (TPSA) is 84.2 Å². The number of nitrogens with two attached hydrogens (primary N) is 1. The molecule has 5 nitrogen and oxygen atoms in total. The molecule has 1 fully saturated rings. The summed E-state index contributed by atoms with van der Waals surface area (Å²) in [5, 5.41) is 5.59. The van der Waals surface area contributed by atoms with Crippen LogP contribution in [0, 0.1) is 11.3 Å². The van der Waals surface area contributed by atoms with Crippen LogP contribution in [0.25, 0.3) is 0 Å². The zero-order valence-electron chi connectivity index (χ0n) is 12.5. The van der Waals surface area contributed by atoms with E-state index >= 15 is 0 Å². The monoisotopic (exact) mass is 269 g/mol. The smallest absolute Gasteiger partial charge is 0.239 e. The van der Waals surface area contributed by atoms with Gasteiger partial charge in [0.05, 0.1) is 12.6 Å². The number of carbonyl (C=O) groups excluding carboxylic acids is 2. The van der Waals surface area contributed by atoms with Crippen LogP contribution >= 0.6 is 0 Å². The highest BCUT2D eigenvalue weighted by molar-refractivity contribution is 5.87. The molecule has 2 amide bonds. The lowest BCUT2D eigenvalue weighted by molar-refractivity contribution is -0.127. The summed E-state index contributed by atoms with van der Waals surface area (Å²) in [6.45, 7) is 8.10. The van der Waals surface area contributed by atoms with Crippen LogP contribution in [-0.4, -0.2) is 30.4 Å². The highest BCUT2D eigenvalue weighted by Gasteiger charge is 2.35. The van der Waals surface area contributed by atoms with E-state index in [-0.39, 0.29) is 35.7 Å². The minimum Gasteiger partial charge on any atom is -0.351 e. The Balaban J connectivity index is 2.34. The molecule has 0 heterocycles. The van der Waals surface area contributed by atoms with Gasteiger partial charge in [0.2, 0.25) is 11.8 Å². The van der Waals surface area contributed by atoms with Crippen molar-refractivity contribution in [3.63, 3.8) is 0 Å². The molecule has 0 spiro atoms. The van der Waals surface area contributed by atoms with Crippen molar-refractivity contribution in [1.82, 2.24) is 10.6 Å². The van der Waals surface area contributed by atoms with E-state index in [2.05, 4.69) is 24.5 Å². The molecule has 5 heteroatoms. The van der Waals surface area contributed by atoms with Crippen LogP contribution < -0.4 is 16.4 Å². The molecule has 110 valence electrons. The van der Waals surface area contributed by atoms with Gasteiger partial charge in [0.15, 0.2) is 0 Å². The predicted molar refractivity (Wildman–Crippen MR) is 75.4 cm³/mol. The predicted octanol–water partition coefficient (Wildman–Crippen LogP) is 0.781. The molecule has 1 unspecified atom stereocenters. The van der Waals surface area contributed by atoms with Gasteiger partial charge in [-0.2, -0.15) is 0 Å². The molecule has 0 radical (unpaired) electrons. The molecule has 0 aromatic carbocycles. The molecule has 1 aliphatic rings. The standard InChI is InChI=1S/C14H27N3O2/c1-9(2)12(15)13(19)16-8-11(18)17-10-6-5-7-14(10,3)4/h9-10,12H,5-8,15H2,1-4H3,(H,16,19)(H,17,18)/t10?,12-/m0/s1. The summed E-state index contributed by atoms with van der Waals surface area (Å²) in [6, 6.07) is -0.355. The third-order valence-corrected chi connectivity index (χ3v) is 4.04. The molecular formula is C14H27N3O2. The van der Waals surface area contributed by atoms with Gasteiger partial charge in [0.25, 0.3) is 0 Å². The molecule has 19 heavy (non-hydrogen) atoms. The van der Waals surface area contributed by atoms with Crippen LogP contribution in [-0.2, 0) is 9.59 Å². The quantitative estimate of drug-likeness (QED) is 0.689. The molecule has 0 aliphatic heterocycles. The summed E-state index contributed by atoms with van der Waals surface area (Å²) >= 11 is 0. The number of carbonyl (C=O) groups is 2. The van der Waals surface area contributed by atoms with Crippen molar-refractivity contribution >= 4 is 11.8 Å². The van der Waals surface area contributed by atoms with E-state index in [1.54, 1.807) is 0 Å². The average Bonchev–Trinajstić information content (AvgIpc) is 2.64. The first-order valence-corrected chi connectivity index (χ1v) is 7.06. The number of hydrogen-bond donors (Lipinski definition) is 3. The number of rotatable bonds is 5. The van der Waals surface area contributed by atoms with Crippen LogP contribution in [0.15, 0.2) is 0 Å². The average molecular weight is 269 g/mol. The van der Waals surface area contributed by atoms with Gasteiger partial charge in [0, 0.05) is 6.04 Å². The van der Waals surface area contributed by atoms with Crippen molar-refractivity contribution in [2.45, 2.75) is 59.0 Å². The molecule has 1 saturated carbocycles. The van der Waals surface area contributed by atoms with Gasteiger partial charge in [-0.05, 0) is 24.2 Å². The van der Waals surface area contributed by atoms with Gasteiger partial charge in [-0.15, -0.1) is 0 Å². The largest absolute Gasteiger partial charge is 0.351 e. The maximum Gasteiger partial charge on any atom is 0.239 e. The zero-order chi connectivity index (χ0) is 14.6. The van der Waals surface area contributed by atoms with Gasteiger partial charge in [-0.1, -0.05) is 34.1 Å². The minimum absolute atomic E-state index is 0.00579. The molecular weight excluding hydrogens is 242 g/mol. The summed E-state index contributed by atoms with van der Waals surface area (Å²) in [7, 11) is 0. The van der Waals surface area contributed by atoms with Crippen LogP contribution in [0.2, 0.25) is 0 Å². The van der Waals surface area contributed by atoms with Crippen molar-refractivity contribution in [2.75, 3.05) is 6.54 Å². The first kappa shape index (κ1) is 16.0. The third-order valence-electron chi connectivity index (χ3n) is 4.04. The fourth-order valence-corrected chi connectivity index (χ4v) is 2.43. The SMILES string of the molecule is CC(C)[C@H](N)C(=O)NCC(=O)NC1CCCC1(C)C. The Bertz CT molecular complexity index is 340.